The van der Waals surface area contributed by atoms with Gasteiger partial charge in [0.25, 0.3) is 17.5 Å². The molecule has 0 spiro atoms. The number of alkyl carbamates (subject to hydrolysis) is 1. The quantitative estimate of drug-likeness (QED) is 0.0323. The van der Waals surface area contributed by atoms with E-state index in [1.807, 2.05) is 0 Å². The SMILES string of the molecule is CC(C)[C@H](NC(=O)OCCOCCN1C(=O)C=CC1=O)C(=O)N[C@@H](CCCNC(N)=O)C(=O)Nc1ccc(COC(=O)Oc2ccc([N+](=O)[O-])cc2)cc1. The molecule has 20 heteroatoms. The highest BCUT2D eigenvalue weighted by Crippen LogP contribution is 2.18. The predicted molar refractivity (Wildman–Crippen MR) is 188 cm³/mol. The number of nitrogens with zero attached hydrogens (tertiary/aromatic N) is 2. The number of carbonyl (C=O) groups is 7. The van der Waals surface area contributed by atoms with Gasteiger partial charge >= 0.3 is 18.3 Å². The number of carbonyl (C=O) groups excluding carboxylic acids is 7. The highest BCUT2D eigenvalue weighted by atomic mass is 16.7. The predicted octanol–water partition coefficient (Wildman–Crippen LogP) is 1.87. The molecule has 0 fully saturated rings. The van der Waals surface area contributed by atoms with Gasteiger partial charge < -0.3 is 45.9 Å². The zero-order chi connectivity index (χ0) is 39.6. The second-order valence-corrected chi connectivity index (χ2v) is 11.8. The third-order valence-electron chi connectivity index (χ3n) is 7.47. The maximum absolute atomic E-state index is 13.3. The van der Waals surface area contributed by atoms with Crippen molar-refractivity contribution in [3.8, 4) is 5.75 Å². The lowest BCUT2D eigenvalue weighted by Gasteiger charge is -2.25. The Balaban J connectivity index is 1.50. The maximum Gasteiger partial charge on any atom is 0.514 e. The second kappa shape index (κ2) is 21.1. The summed E-state index contributed by atoms with van der Waals surface area (Å²) in [6.07, 6.45) is 0.691. The van der Waals surface area contributed by atoms with Gasteiger partial charge in [0.15, 0.2) is 0 Å². The number of hydrogen-bond acceptors (Lipinski definition) is 13. The Labute approximate surface area is 308 Å². The lowest BCUT2D eigenvalue weighted by atomic mass is 10.0. The minimum Gasteiger partial charge on any atom is -0.447 e. The molecular formula is C34H41N7O13. The highest BCUT2D eigenvalue weighted by molar-refractivity contribution is 6.12. The van der Waals surface area contributed by atoms with Crippen LogP contribution in [0.25, 0.3) is 0 Å². The number of hydrogen-bond donors (Lipinski definition) is 5. The number of non-ortho nitro benzene ring substituents is 1. The van der Waals surface area contributed by atoms with Crippen LogP contribution in [-0.4, -0.2) is 96.7 Å². The van der Waals surface area contributed by atoms with Crippen LogP contribution in [0.15, 0.2) is 60.7 Å². The van der Waals surface area contributed by atoms with Crippen LogP contribution in [0.1, 0.15) is 32.3 Å². The molecule has 1 heterocycles. The average molecular weight is 756 g/mol. The first-order valence-corrected chi connectivity index (χ1v) is 16.6. The van der Waals surface area contributed by atoms with Crippen molar-refractivity contribution in [1.82, 2.24) is 20.9 Å². The smallest absolute Gasteiger partial charge is 0.447 e. The lowest BCUT2D eigenvalue weighted by Crippen LogP contribution is -2.54. The van der Waals surface area contributed by atoms with Gasteiger partial charge in [-0.2, -0.15) is 0 Å². The maximum atomic E-state index is 13.3. The Hall–Kier alpha value is -6.57. The van der Waals surface area contributed by atoms with E-state index >= 15 is 0 Å². The summed E-state index contributed by atoms with van der Waals surface area (Å²) in [5.41, 5.74) is 5.83. The number of imide groups is 1. The molecule has 0 unspecified atom stereocenters. The van der Waals surface area contributed by atoms with E-state index in [2.05, 4.69) is 21.3 Å². The Morgan fingerprint density at radius 2 is 1.54 bits per heavy atom. The first-order chi connectivity index (χ1) is 25.7. The highest BCUT2D eigenvalue weighted by Gasteiger charge is 2.29. The number of nitro groups is 1. The fraction of sp³-hybridized carbons (Fsp3) is 0.382. The summed E-state index contributed by atoms with van der Waals surface area (Å²) in [5.74, 6) is -2.54. The molecule has 0 saturated heterocycles. The summed E-state index contributed by atoms with van der Waals surface area (Å²) < 4.78 is 20.5. The molecule has 2 atom stereocenters. The molecular weight excluding hydrogens is 714 g/mol. The second-order valence-electron chi connectivity index (χ2n) is 11.8. The van der Waals surface area contributed by atoms with E-state index in [1.165, 1.54) is 36.4 Å². The van der Waals surface area contributed by atoms with Gasteiger partial charge in [-0.3, -0.25) is 34.2 Å². The van der Waals surface area contributed by atoms with Crippen LogP contribution in [0.3, 0.4) is 0 Å². The number of primary amides is 1. The average Bonchev–Trinajstić information content (AvgIpc) is 3.45. The number of anilines is 1. The number of benzene rings is 2. The van der Waals surface area contributed by atoms with Crippen LogP contribution in [0, 0.1) is 16.0 Å². The van der Waals surface area contributed by atoms with Crippen LogP contribution in [0.2, 0.25) is 0 Å². The molecule has 7 amide bonds. The number of ether oxygens (including phenoxy) is 4. The van der Waals surface area contributed by atoms with Crippen molar-refractivity contribution in [2.24, 2.45) is 11.7 Å². The Kier molecular flexibility index (Phi) is 16.3. The van der Waals surface area contributed by atoms with Gasteiger partial charge in [0.2, 0.25) is 11.8 Å². The fourth-order valence-corrected chi connectivity index (χ4v) is 4.67. The molecule has 2 aromatic rings. The molecule has 290 valence electrons. The molecule has 3 rings (SSSR count). The van der Waals surface area contributed by atoms with E-state index in [0.717, 1.165) is 17.1 Å². The lowest BCUT2D eigenvalue weighted by molar-refractivity contribution is -0.384. The molecule has 0 bridgehead atoms. The zero-order valence-electron chi connectivity index (χ0n) is 29.4. The van der Waals surface area contributed by atoms with Crippen LogP contribution >= 0.6 is 0 Å². The van der Waals surface area contributed by atoms with E-state index < -0.39 is 64.8 Å². The number of amides is 7. The van der Waals surface area contributed by atoms with Crippen LogP contribution < -0.4 is 31.7 Å². The zero-order valence-corrected chi connectivity index (χ0v) is 29.4. The topological polar surface area (TPSA) is 277 Å². The third-order valence-corrected chi connectivity index (χ3v) is 7.47. The summed E-state index contributed by atoms with van der Waals surface area (Å²) in [6, 6.07) is 8.09. The molecule has 1 aliphatic heterocycles. The molecule has 6 N–H and O–H groups in total. The van der Waals surface area contributed by atoms with E-state index in [9.17, 15) is 43.7 Å². The molecule has 0 aromatic heterocycles. The van der Waals surface area contributed by atoms with Crippen molar-refractivity contribution >= 4 is 53.3 Å². The normalized spacial score (nSPS) is 13.1. The van der Waals surface area contributed by atoms with Gasteiger partial charge in [-0.25, -0.2) is 14.4 Å². The number of nitrogens with two attached hydrogens (primary N) is 1. The molecule has 1 aliphatic rings. The summed E-state index contributed by atoms with van der Waals surface area (Å²) in [6.45, 7) is 3.13. The molecule has 0 aliphatic carbocycles. The van der Waals surface area contributed by atoms with Crippen molar-refractivity contribution in [2.75, 3.05) is 38.2 Å². The van der Waals surface area contributed by atoms with Crippen molar-refractivity contribution in [3.05, 3.63) is 76.4 Å². The summed E-state index contributed by atoms with van der Waals surface area (Å²) in [5, 5.41) is 21.0. The largest absolute Gasteiger partial charge is 0.514 e. The third kappa shape index (κ3) is 14.2. The van der Waals surface area contributed by atoms with Gasteiger partial charge in [-0.05, 0) is 48.6 Å². The summed E-state index contributed by atoms with van der Waals surface area (Å²) in [7, 11) is 0. The fourth-order valence-electron chi connectivity index (χ4n) is 4.67. The number of urea groups is 1. The van der Waals surface area contributed by atoms with Crippen LogP contribution in [-0.2, 0) is 40.0 Å². The Morgan fingerprint density at radius 1 is 0.870 bits per heavy atom. The van der Waals surface area contributed by atoms with E-state index in [1.54, 1.807) is 26.0 Å². The van der Waals surface area contributed by atoms with Crippen molar-refractivity contribution in [3.63, 3.8) is 0 Å². The van der Waals surface area contributed by atoms with Gasteiger partial charge in [-0.15, -0.1) is 0 Å². The summed E-state index contributed by atoms with van der Waals surface area (Å²) in [4.78, 5) is 96.7. The van der Waals surface area contributed by atoms with Crippen molar-refractivity contribution in [2.45, 2.75) is 45.4 Å². The van der Waals surface area contributed by atoms with Gasteiger partial charge in [0.1, 0.15) is 31.0 Å². The molecule has 0 saturated carbocycles. The van der Waals surface area contributed by atoms with Crippen molar-refractivity contribution in [1.29, 1.82) is 0 Å². The Morgan fingerprint density at radius 3 is 2.15 bits per heavy atom. The van der Waals surface area contributed by atoms with Gasteiger partial charge in [0, 0.05) is 36.5 Å². The molecule has 0 radical (unpaired) electrons. The van der Waals surface area contributed by atoms with Crippen molar-refractivity contribution < 1.29 is 57.4 Å². The molecule has 20 nitrogen and oxygen atoms in total. The van der Waals surface area contributed by atoms with Crippen LogP contribution in [0.5, 0.6) is 5.75 Å². The minimum atomic E-state index is -1.11. The molecule has 2 aromatic carbocycles. The van der Waals surface area contributed by atoms with Gasteiger partial charge in [0.05, 0.1) is 24.7 Å². The number of rotatable bonds is 20. The van der Waals surface area contributed by atoms with E-state index in [-0.39, 0.29) is 63.8 Å². The first kappa shape index (κ1) is 41.8. The van der Waals surface area contributed by atoms with Gasteiger partial charge in [-0.1, -0.05) is 26.0 Å². The van der Waals surface area contributed by atoms with Crippen LogP contribution in [0.4, 0.5) is 25.8 Å². The summed E-state index contributed by atoms with van der Waals surface area (Å²) >= 11 is 0. The molecule has 54 heavy (non-hydrogen) atoms. The van der Waals surface area contributed by atoms with E-state index in [0.29, 0.717) is 11.3 Å². The Bertz CT molecular complexity index is 1680. The minimum absolute atomic E-state index is 0.0301. The number of nitrogens with one attached hydrogen (secondary N) is 4. The standard InChI is InChI=1S/C34H41N7O13/c1-21(2)29(39-33(47)52-19-18-51-17-16-40-27(42)13-14-28(40)43)31(45)38-26(4-3-15-36-32(35)46)30(44)37-23-7-5-22(6-8-23)20-53-34(48)54-25-11-9-24(10-12-25)41(49)50/h5-14,21,26,29H,3-4,15-20H2,1-2H3,(H,37,44)(H,38,45)(H,39,47)(H3,35,36,46)/t26-,29-/m0/s1. The monoisotopic (exact) mass is 755 g/mol. The van der Waals surface area contributed by atoms with E-state index in [4.69, 9.17) is 24.7 Å². The first-order valence-electron chi connectivity index (χ1n) is 16.6. The number of nitro benzene ring substituents is 1.